The SMILES string of the molecule is COc1cccc(/C=N/NC(=O)C(=O)Nc2cc(C(F)(F)F)ccc2Cl)c1. The van der Waals surface area contributed by atoms with Gasteiger partial charge in [0.25, 0.3) is 0 Å². The highest BCUT2D eigenvalue weighted by molar-refractivity contribution is 6.41. The minimum atomic E-state index is -4.62. The molecule has 0 heterocycles. The van der Waals surface area contributed by atoms with Crippen molar-refractivity contribution in [2.45, 2.75) is 6.18 Å². The summed E-state index contributed by atoms with van der Waals surface area (Å²) in [7, 11) is 1.49. The molecule has 10 heteroatoms. The second-order valence-corrected chi connectivity index (χ2v) is 5.53. The summed E-state index contributed by atoms with van der Waals surface area (Å²) in [6, 6.07) is 9.09. The first-order valence-corrected chi connectivity index (χ1v) is 7.73. The van der Waals surface area contributed by atoms with Gasteiger partial charge in [-0.05, 0) is 35.9 Å². The van der Waals surface area contributed by atoms with Crippen molar-refractivity contribution in [1.82, 2.24) is 5.43 Å². The molecule has 0 aliphatic heterocycles. The molecule has 0 saturated carbocycles. The van der Waals surface area contributed by atoms with E-state index in [2.05, 4.69) is 5.10 Å². The van der Waals surface area contributed by atoms with Gasteiger partial charge < -0.3 is 10.1 Å². The van der Waals surface area contributed by atoms with E-state index < -0.39 is 23.6 Å². The van der Waals surface area contributed by atoms with E-state index in [9.17, 15) is 22.8 Å². The predicted octanol–water partition coefficient (Wildman–Crippen LogP) is 3.46. The van der Waals surface area contributed by atoms with Gasteiger partial charge in [-0.25, -0.2) is 5.43 Å². The van der Waals surface area contributed by atoms with Crippen LogP contribution in [0.3, 0.4) is 0 Å². The number of carbonyl (C=O) groups is 2. The smallest absolute Gasteiger partial charge is 0.416 e. The minimum Gasteiger partial charge on any atom is -0.497 e. The van der Waals surface area contributed by atoms with Gasteiger partial charge in [-0.15, -0.1) is 0 Å². The van der Waals surface area contributed by atoms with E-state index in [0.717, 1.165) is 12.1 Å². The highest BCUT2D eigenvalue weighted by Crippen LogP contribution is 2.33. The molecular formula is C17H13ClF3N3O3. The molecule has 0 atom stereocenters. The van der Waals surface area contributed by atoms with Crippen molar-refractivity contribution in [3.05, 3.63) is 58.6 Å². The van der Waals surface area contributed by atoms with Crippen LogP contribution in [0.4, 0.5) is 18.9 Å². The van der Waals surface area contributed by atoms with Crippen molar-refractivity contribution >= 4 is 35.3 Å². The number of alkyl halides is 3. The number of hydrazone groups is 1. The van der Waals surface area contributed by atoms with Gasteiger partial charge in [0.1, 0.15) is 5.75 Å². The Morgan fingerprint density at radius 1 is 1.15 bits per heavy atom. The van der Waals surface area contributed by atoms with Crippen LogP contribution in [0.1, 0.15) is 11.1 Å². The van der Waals surface area contributed by atoms with E-state index in [1.54, 1.807) is 24.3 Å². The van der Waals surface area contributed by atoms with Crippen LogP contribution in [0.5, 0.6) is 5.75 Å². The Morgan fingerprint density at radius 3 is 2.56 bits per heavy atom. The monoisotopic (exact) mass is 399 g/mol. The second kappa shape index (κ2) is 8.54. The number of halogens is 4. The predicted molar refractivity (Wildman–Crippen MR) is 93.8 cm³/mol. The fourth-order valence-electron chi connectivity index (χ4n) is 1.91. The lowest BCUT2D eigenvalue weighted by atomic mass is 10.2. The van der Waals surface area contributed by atoms with Gasteiger partial charge in [0.05, 0.1) is 29.6 Å². The van der Waals surface area contributed by atoms with Crippen molar-refractivity contribution in [2.24, 2.45) is 5.10 Å². The van der Waals surface area contributed by atoms with Crippen LogP contribution in [-0.4, -0.2) is 25.1 Å². The van der Waals surface area contributed by atoms with Crippen LogP contribution >= 0.6 is 11.6 Å². The Bertz CT molecular complexity index is 885. The third-order valence-electron chi connectivity index (χ3n) is 3.22. The molecule has 2 amide bonds. The summed E-state index contributed by atoms with van der Waals surface area (Å²) in [5.41, 5.74) is 1.20. The Hall–Kier alpha value is -3.07. The third kappa shape index (κ3) is 5.71. The van der Waals surface area contributed by atoms with Gasteiger partial charge in [-0.2, -0.15) is 18.3 Å². The van der Waals surface area contributed by atoms with Crippen molar-refractivity contribution in [2.75, 3.05) is 12.4 Å². The maximum Gasteiger partial charge on any atom is 0.416 e. The number of anilines is 1. The molecule has 142 valence electrons. The fraction of sp³-hybridized carbons (Fsp3) is 0.118. The quantitative estimate of drug-likeness (QED) is 0.469. The van der Waals surface area contributed by atoms with Crippen molar-refractivity contribution < 1.29 is 27.5 Å². The third-order valence-corrected chi connectivity index (χ3v) is 3.55. The maximum atomic E-state index is 12.7. The van der Waals surface area contributed by atoms with E-state index in [4.69, 9.17) is 16.3 Å². The Labute approximate surface area is 157 Å². The van der Waals surface area contributed by atoms with Crippen molar-refractivity contribution in [1.29, 1.82) is 0 Å². The van der Waals surface area contributed by atoms with E-state index in [0.29, 0.717) is 17.4 Å². The van der Waals surface area contributed by atoms with E-state index in [1.165, 1.54) is 13.3 Å². The summed E-state index contributed by atoms with van der Waals surface area (Å²) < 4.78 is 43.2. The molecule has 2 N–H and O–H groups in total. The lowest BCUT2D eigenvalue weighted by Crippen LogP contribution is -2.32. The molecule has 27 heavy (non-hydrogen) atoms. The Balaban J connectivity index is 2.01. The first kappa shape index (κ1) is 20.2. The standard InChI is InChI=1S/C17H13ClF3N3O3/c1-27-12-4-2-3-10(7-12)9-22-24-16(26)15(25)23-14-8-11(17(19,20)21)5-6-13(14)18/h2-9H,1H3,(H,23,25)(H,24,26)/b22-9+. The van der Waals surface area contributed by atoms with Crippen LogP contribution < -0.4 is 15.5 Å². The highest BCUT2D eigenvalue weighted by atomic mass is 35.5. The first-order valence-electron chi connectivity index (χ1n) is 7.36. The molecular weight excluding hydrogens is 387 g/mol. The largest absolute Gasteiger partial charge is 0.497 e. The lowest BCUT2D eigenvalue weighted by molar-refractivity contribution is -0.137. The van der Waals surface area contributed by atoms with E-state index in [1.807, 2.05) is 10.7 Å². The van der Waals surface area contributed by atoms with E-state index >= 15 is 0 Å². The summed E-state index contributed by atoms with van der Waals surface area (Å²) in [5, 5.41) is 5.47. The fourth-order valence-corrected chi connectivity index (χ4v) is 2.08. The first-order chi connectivity index (χ1) is 12.7. The van der Waals surface area contributed by atoms with Crippen LogP contribution in [0.15, 0.2) is 47.6 Å². The lowest BCUT2D eigenvalue weighted by Gasteiger charge is -2.11. The maximum absolute atomic E-state index is 12.7. The molecule has 0 aliphatic rings. The number of hydrogen-bond acceptors (Lipinski definition) is 4. The zero-order valence-electron chi connectivity index (χ0n) is 13.8. The van der Waals surface area contributed by atoms with Crippen LogP contribution in [-0.2, 0) is 15.8 Å². The van der Waals surface area contributed by atoms with Gasteiger partial charge in [-0.1, -0.05) is 23.7 Å². The highest BCUT2D eigenvalue weighted by Gasteiger charge is 2.31. The average Bonchev–Trinajstić information content (AvgIpc) is 2.62. The molecule has 0 spiro atoms. The van der Waals surface area contributed by atoms with Gasteiger partial charge in [0.2, 0.25) is 0 Å². The number of nitrogens with zero attached hydrogens (tertiary/aromatic N) is 1. The molecule has 0 radical (unpaired) electrons. The topological polar surface area (TPSA) is 79.8 Å². The molecule has 0 aliphatic carbocycles. The number of rotatable bonds is 4. The number of carbonyl (C=O) groups excluding carboxylic acids is 2. The molecule has 0 saturated heterocycles. The molecule has 0 bridgehead atoms. The van der Waals surface area contributed by atoms with Gasteiger partial charge in [0.15, 0.2) is 0 Å². The summed E-state index contributed by atoms with van der Waals surface area (Å²) >= 11 is 5.75. The average molecular weight is 400 g/mol. The number of methoxy groups -OCH3 is 1. The molecule has 0 unspecified atom stereocenters. The Kier molecular flexibility index (Phi) is 6.40. The van der Waals surface area contributed by atoms with Crippen LogP contribution in [0.2, 0.25) is 5.02 Å². The molecule has 0 fully saturated rings. The van der Waals surface area contributed by atoms with Crippen molar-refractivity contribution in [3.8, 4) is 5.75 Å². The molecule has 2 aromatic carbocycles. The molecule has 0 aromatic heterocycles. The summed E-state index contributed by atoms with van der Waals surface area (Å²) in [6.07, 6.45) is -3.35. The summed E-state index contributed by atoms with van der Waals surface area (Å²) in [5.74, 6) is -1.83. The van der Waals surface area contributed by atoms with E-state index in [-0.39, 0.29) is 10.7 Å². The van der Waals surface area contributed by atoms with Crippen molar-refractivity contribution in [3.63, 3.8) is 0 Å². The normalized spacial score (nSPS) is 11.3. The van der Waals surface area contributed by atoms with Gasteiger partial charge in [-0.3, -0.25) is 9.59 Å². The number of benzene rings is 2. The van der Waals surface area contributed by atoms with Gasteiger partial charge >= 0.3 is 18.0 Å². The zero-order chi connectivity index (χ0) is 20.0. The number of nitrogens with one attached hydrogen (secondary N) is 2. The zero-order valence-corrected chi connectivity index (χ0v) is 14.6. The molecule has 6 nitrogen and oxygen atoms in total. The summed E-state index contributed by atoms with van der Waals surface area (Å²) in [4.78, 5) is 23.5. The summed E-state index contributed by atoms with van der Waals surface area (Å²) in [6.45, 7) is 0. The minimum absolute atomic E-state index is 0.149. The van der Waals surface area contributed by atoms with Crippen LogP contribution in [0, 0.1) is 0 Å². The molecule has 2 rings (SSSR count). The van der Waals surface area contributed by atoms with Crippen LogP contribution in [0.25, 0.3) is 0 Å². The van der Waals surface area contributed by atoms with Gasteiger partial charge in [0, 0.05) is 0 Å². The Morgan fingerprint density at radius 2 is 1.89 bits per heavy atom. The molecule has 2 aromatic rings. The number of ether oxygens (including phenoxy) is 1. The number of amides is 2. The number of hydrogen-bond donors (Lipinski definition) is 2. The second-order valence-electron chi connectivity index (χ2n) is 5.12.